The number of aromatic hydroxyl groups is 1. The zero-order valence-corrected chi connectivity index (χ0v) is 17.0. The third-order valence-corrected chi connectivity index (χ3v) is 5.52. The number of aromatic amines is 1. The molecule has 1 aliphatic rings. The van der Waals surface area contributed by atoms with Gasteiger partial charge in [-0.15, -0.1) is 0 Å². The number of halogens is 2. The number of anilines is 2. The van der Waals surface area contributed by atoms with E-state index in [-0.39, 0.29) is 16.8 Å². The fraction of sp³-hybridized carbons (Fsp3) is 0.174. The molecule has 3 heterocycles. The Kier molecular flexibility index (Phi) is 5.14. The summed E-state index contributed by atoms with van der Waals surface area (Å²) in [5.41, 5.74) is 1.55. The molecule has 0 saturated carbocycles. The molecule has 2 N–H and O–H groups in total. The maximum atomic E-state index is 14.8. The smallest absolute Gasteiger partial charge is 0.225 e. The summed E-state index contributed by atoms with van der Waals surface area (Å²) in [6.45, 7) is 2.66. The van der Waals surface area contributed by atoms with Crippen molar-refractivity contribution in [2.75, 3.05) is 36.0 Å². The molecule has 162 valence electrons. The summed E-state index contributed by atoms with van der Waals surface area (Å²) in [5.74, 6) is -0.374. The largest absolute Gasteiger partial charge is 0.494 e. The van der Waals surface area contributed by atoms with E-state index in [1.54, 1.807) is 42.7 Å². The van der Waals surface area contributed by atoms with Crippen LogP contribution in [-0.4, -0.2) is 52.5 Å². The molecule has 0 spiro atoms. The Morgan fingerprint density at radius 3 is 2.44 bits per heavy atom. The molecule has 1 aliphatic heterocycles. The molecule has 0 radical (unpaired) electrons. The first-order chi connectivity index (χ1) is 15.6. The molecule has 32 heavy (non-hydrogen) atoms. The summed E-state index contributed by atoms with van der Waals surface area (Å²) in [6, 6.07) is 11.0. The molecule has 9 heteroatoms. The maximum Gasteiger partial charge on any atom is 0.225 e. The number of aliphatic imine (C=N–C) groups is 1. The van der Waals surface area contributed by atoms with Crippen LogP contribution in [0.15, 0.2) is 59.9 Å². The van der Waals surface area contributed by atoms with E-state index in [2.05, 4.69) is 24.8 Å². The predicted octanol–water partition coefficient (Wildman–Crippen LogP) is 4.02. The number of nitrogens with one attached hydrogen (secondary N) is 1. The van der Waals surface area contributed by atoms with Crippen LogP contribution in [0.3, 0.4) is 0 Å². The Morgan fingerprint density at radius 1 is 0.938 bits per heavy atom. The predicted molar refractivity (Wildman–Crippen MR) is 120 cm³/mol. The molecule has 0 atom stereocenters. The van der Waals surface area contributed by atoms with Crippen molar-refractivity contribution in [2.24, 2.45) is 4.99 Å². The van der Waals surface area contributed by atoms with Crippen molar-refractivity contribution in [2.45, 2.75) is 0 Å². The normalized spacial score (nSPS) is 14.6. The van der Waals surface area contributed by atoms with Gasteiger partial charge < -0.3 is 19.9 Å². The standard InChI is InChI=1S/C23H20F2N6O/c24-17-3-1-4-19-21(17)16(22(32)29-19)14-28-15-5-6-20(18(25)13-15)30-9-11-31(12-10-30)23-26-7-2-8-27-23/h1-8,13-14,29,32H,9-12H2. The molecule has 0 aliphatic carbocycles. The highest BCUT2D eigenvalue weighted by Crippen LogP contribution is 2.30. The van der Waals surface area contributed by atoms with E-state index in [1.165, 1.54) is 18.3 Å². The minimum absolute atomic E-state index is 0.189. The first-order valence-corrected chi connectivity index (χ1v) is 10.2. The van der Waals surface area contributed by atoms with Gasteiger partial charge in [-0.2, -0.15) is 0 Å². The molecular formula is C23H20F2N6O. The van der Waals surface area contributed by atoms with Gasteiger partial charge in [-0.25, -0.2) is 18.7 Å². The van der Waals surface area contributed by atoms with Gasteiger partial charge in [0.15, 0.2) is 5.88 Å². The van der Waals surface area contributed by atoms with Crippen LogP contribution in [0.4, 0.5) is 26.1 Å². The van der Waals surface area contributed by atoms with E-state index in [1.807, 2.05) is 4.90 Å². The van der Waals surface area contributed by atoms with Gasteiger partial charge >= 0.3 is 0 Å². The molecule has 0 unspecified atom stereocenters. The zero-order chi connectivity index (χ0) is 22.1. The summed E-state index contributed by atoms with van der Waals surface area (Å²) >= 11 is 0. The van der Waals surface area contributed by atoms with Crippen LogP contribution < -0.4 is 9.80 Å². The van der Waals surface area contributed by atoms with Crippen molar-refractivity contribution in [1.82, 2.24) is 15.0 Å². The highest BCUT2D eigenvalue weighted by atomic mass is 19.1. The van der Waals surface area contributed by atoms with E-state index >= 15 is 0 Å². The van der Waals surface area contributed by atoms with Crippen LogP contribution in [0.2, 0.25) is 0 Å². The second-order valence-corrected chi connectivity index (χ2v) is 7.47. The Morgan fingerprint density at radius 2 is 1.69 bits per heavy atom. The van der Waals surface area contributed by atoms with Gasteiger partial charge in [0.05, 0.1) is 22.5 Å². The van der Waals surface area contributed by atoms with Crippen LogP contribution in [0, 0.1) is 11.6 Å². The minimum Gasteiger partial charge on any atom is -0.494 e. The average Bonchev–Trinajstić information content (AvgIpc) is 3.15. The second-order valence-electron chi connectivity index (χ2n) is 7.47. The molecule has 0 bridgehead atoms. The Balaban J connectivity index is 1.32. The number of benzene rings is 2. The van der Waals surface area contributed by atoms with Gasteiger partial charge in [-0.1, -0.05) is 6.07 Å². The van der Waals surface area contributed by atoms with Crippen LogP contribution >= 0.6 is 0 Å². The summed E-state index contributed by atoms with van der Waals surface area (Å²) in [7, 11) is 0. The van der Waals surface area contributed by atoms with Crippen molar-refractivity contribution in [1.29, 1.82) is 0 Å². The van der Waals surface area contributed by atoms with Crippen molar-refractivity contribution in [3.05, 3.63) is 72.1 Å². The minimum atomic E-state index is -0.470. The van der Waals surface area contributed by atoms with Gasteiger partial charge in [-0.3, -0.25) is 4.99 Å². The lowest BCUT2D eigenvalue weighted by molar-refractivity contribution is 0.457. The first-order valence-electron chi connectivity index (χ1n) is 10.2. The fourth-order valence-electron chi connectivity index (χ4n) is 3.91. The quantitative estimate of drug-likeness (QED) is 0.474. The van der Waals surface area contributed by atoms with E-state index in [4.69, 9.17) is 0 Å². The topological polar surface area (TPSA) is 80.6 Å². The van der Waals surface area contributed by atoms with Gasteiger partial charge in [0.2, 0.25) is 5.95 Å². The molecule has 2 aromatic heterocycles. The molecular weight excluding hydrogens is 414 g/mol. The molecule has 1 fully saturated rings. The Labute approximate surface area is 182 Å². The third kappa shape index (κ3) is 3.73. The van der Waals surface area contributed by atoms with Gasteiger partial charge in [-0.05, 0) is 30.3 Å². The van der Waals surface area contributed by atoms with E-state index in [0.29, 0.717) is 49.0 Å². The molecule has 5 rings (SSSR count). The van der Waals surface area contributed by atoms with Crippen LogP contribution in [0.5, 0.6) is 5.88 Å². The van der Waals surface area contributed by atoms with E-state index < -0.39 is 11.6 Å². The summed E-state index contributed by atoms with van der Waals surface area (Å²) in [4.78, 5) is 19.5. The van der Waals surface area contributed by atoms with Gasteiger partial charge in [0, 0.05) is 56.2 Å². The first kappa shape index (κ1) is 19.9. The average molecular weight is 434 g/mol. The SMILES string of the molecule is Oc1[nH]c2cccc(F)c2c1C=Nc1ccc(N2CCN(c3ncccn3)CC2)c(F)c1. The lowest BCUT2D eigenvalue weighted by atomic mass is 10.1. The number of hydrogen-bond donors (Lipinski definition) is 2. The van der Waals surface area contributed by atoms with E-state index in [0.717, 1.165) is 0 Å². The maximum absolute atomic E-state index is 14.8. The Bertz CT molecular complexity index is 1280. The number of hydrogen-bond acceptors (Lipinski definition) is 6. The van der Waals surface area contributed by atoms with Crippen molar-refractivity contribution < 1.29 is 13.9 Å². The number of nitrogens with zero attached hydrogens (tertiary/aromatic N) is 5. The highest BCUT2D eigenvalue weighted by molar-refractivity contribution is 6.02. The molecule has 1 saturated heterocycles. The number of fused-ring (bicyclic) bond motifs is 1. The molecule has 0 amide bonds. The van der Waals surface area contributed by atoms with Crippen molar-refractivity contribution in [3.8, 4) is 5.88 Å². The van der Waals surface area contributed by atoms with Gasteiger partial charge in [0.1, 0.15) is 11.6 Å². The van der Waals surface area contributed by atoms with Crippen LogP contribution in [0.1, 0.15) is 5.56 Å². The Hall–Kier alpha value is -4.01. The number of aromatic nitrogens is 3. The summed E-state index contributed by atoms with van der Waals surface area (Å²) < 4.78 is 29.0. The molecule has 2 aromatic carbocycles. The highest BCUT2D eigenvalue weighted by Gasteiger charge is 2.21. The third-order valence-electron chi connectivity index (χ3n) is 5.52. The second kappa shape index (κ2) is 8.26. The van der Waals surface area contributed by atoms with Gasteiger partial charge in [0.25, 0.3) is 0 Å². The van der Waals surface area contributed by atoms with Crippen molar-refractivity contribution >= 4 is 34.4 Å². The number of piperazine rings is 1. The monoisotopic (exact) mass is 434 g/mol. The molecule has 7 nitrogen and oxygen atoms in total. The van der Waals surface area contributed by atoms with Crippen LogP contribution in [-0.2, 0) is 0 Å². The van der Waals surface area contributed by atoms with Crippen LogP contribution in [0.25, 0.3) is 10.9 Å². The summed E-state index contributed by atoms with van der Waals surface area (Å²) in [5, 5.41) is 10.3. The number of H-pyrrole nitrogens is 1. The lowest BCUT2D eigenvalue weighted by Crippen LogP contribution is -2.47. The van der Waals surface area contributed by atoms with E-state index in [9.17, 15) is 13.9 Å². The summed E-state index contributed by atoms with van der Waals surface area (Å²) in [6.07, 6.45) is 4.75. The lowest BCUT2D eigenvalue weighted by Gasteiger charge is -2.36. The number of rotatable bonds is 4. The fourth-order valence-corrected chi connectivity index (χ4v) is 3.91. The molecule has 4 aromatic rings. The van der Waals surface area contributed by atoms with Crippen molar-refractivity contribution in [3.63, 3.8) is 0 Å². The zero-order valence-electron chi connectivity index (χ0n) is 17.0.